The first-order chi connectivity index (χ1) is 17.5. The predicted octanol–water partition coefficient (Wildman–Crippen LogP) is 5.54. The largest absolute Gasteiger partial charge is 0.384 e. The molecular weight excluding hydrogens is 494 g/mol. The summed E-state index contributed by atoms with van der Waals surface area (Å²) in [6, 6.07) is 7.91. The zero-order valence-electron chi connectivity index (χ0n) is 20.7. The Morgan fingerprint density at radius 2 is 1.94 bits per heavy atom. The summed E-state index contributed by atoms with van der Waals surface area (Å²) in [5.41, 5.74) is 5.47. The highest BCUT2D eigenvalue weighted by molar-refractivity contribution is 7.19. The normalized spacial score (nSPS) is 14.6. The van der Waals surface area contributed by atoms with Crippen LogP contribution in [0.25, 0.3) is 21.3 Å². The summed E-state index contributed by atoms with van der Waals surface area (Å²) in [5, 5.41) is 7.50. The minimum absolute atomic E-state index is 0.197. The molecule has 2 aliphatic rings. The van der Waals surface area contributed by atoms with Crippen molar-refractivity contribution in [2.75, 3.05) is 39.0 Å². The number of aldehydes is 1. The number of rotatable bonds is 5. The lowest BCUT2D eigenvalue weighted by atomic mass is 9.95. The number of allylic oxidation sites excluding steroid dienone is 1. The van der Waals surface area contributed by atoms with Gasteiger partial charge in [-0.05, 0) is 74.7 Å². The number of pyridine rings is 1. The van der Waals surface area contributed by atoms with Crippen molar-refractivity contribution < 1.29 is 9.59 Å². The fraction of sp³-hybridized carbons (Fsp3) is 0.370. The zero-order chi connectivity index (χ0) is 25.5. The molecule has 2 aliphatic heterocycles. The minimum Gasteiger partial charge on any atom is -0.384 e. The van der Waals surface area contributed by atoms with E-state index in [-0.39, 0.29) is 6.03 Å². The highest BCUT2D eigenvalue weighted by Crippen LogP contribution is 2.41. The number of thiophene rings is 1. The second-order valence-corrected chi connectivity index (χ2v) is 10.6. The predicted molar refractivity (Wildman–Crippen MR) is 149 cm³/mol. The third-order valence-electron chi connectivity index (χ3n) is 6.23. The van der Waals surface area contributed by atoms with E-state index >= 15 is 0 Å². The molecule has 2 aromatic heterocycles. The monoisotopic (exact) mass is 525 g/mol. The second-order valence-electron chi connectivity index (χ2n) is 8.99. The van der Waals surface area contributed by atoms with Gasteiger partial charge in [-0.3, -0.25) is 9.78 Å². The molecule has 0 aliphatic carbocycles. The number of fused-ring (bicyclic) bond motifs is 2. The van der Waals surface area contributed by atoms with Crippen molar-refractivity contribution >= 4 is 51.2 Å². The Hall–Kier alpha value is -2.94. The number of nitrogens with zero attached hydrogens (tertiary/aromatic N) is 3. The number of halogens is 1. The van der Waals surface area contributed by atoms with Gasteiger partial charge in [-0.25, -0.2) is 4.79 Å². The Morgan fingerprint density at radius 1 is 1.14 bits per heavy atom. The van der Waals surface area contributed by atoms with E-state index in [0.29, 0.717) is 12.8 Å². The molecule has 2 N–H and O–H groups in total. The molecule has 0 saturated carbocycles. The molecule has 190 valence electrons. The van der Waals surface area contributed by atoms with Crippen molar-refractivity contribution in [3.63, 3.8) is 0 Å². The van der Waals surface area contributed by atoms with Crippen molar-refractivity contribution in [1.29, 1.82) is 0 Å². The molecule has 4 heterocycles. The number of aromatic nitrogens is 1. The van der Waals surface area contributed by atoms with Gasteiger partial charge in [-0.15, -0.1) is 11.3 Å². The van der Waals surface area contributed by atoms with Crippen LogP contribution in [0.15, 0.2) is 42.7 Å². The first-order valence-corrected chi connectivity index (χ1v) is 13.4. The van der Waals surface area contributed by atoms with Crippen LogP contribution < -0.4 is 10.6 Å². The first kappa shape index (κ1) is 26.1. The summed E-state index contributed by atoms with van der Waals surface area (Å²) in [7, 11) is 3.36. The zero-order valence-corrected chi connectivity index (χ0v) is 22.3. The minimum atomic E-state index is -0.197. The number of amides is 2. The lowest BCUT2D eigenvalue weighted by molar-refractivity contribution is -0.104. The lowest BCUT2D eigenvalue weighted by Gasteiger charge is -2.22. The van der Waals surface area contributed by atoms with Crippen LogP contribution in [0, 0.1) is 0 Å². The fourth-order valence-corrected chi connectivity index (χ4v) is 5.91. The van der Waals surface area contributed by atoms with Crippen molar-refractivity contribution in [2.45, 2.75) is 32.2 Å². The summed E-state index contributed by atoms with van der Waals surface area (Å²) >= 11 is 8.07. The Labute approximate surface area is 221 Å². The highest BCUT2D eigenvalue weighted by Gasteiger charge is 2.19. The number of nitrogens with one attached hydrogen (secondary N) is 2. The van der Waals surface area contributed by atoms with Crippen LogP contribution in [0.2, 0.25) is 5.02 Å². The summed E-state index contributed by atoms with van der Waals surface area (Å²) < 4.78 is 1.07. The summed E-state index contributed by atoms with van der Waals surface area (Å²) in [5.74, 6) is 0. The van der Waals surface area contributed by atoms with Crippen LogP contribution in [0.5, 0.6) is 0 Å². The van der Waals surface area contributed by atoms with Crippen LogP contribution in [0.3, 0.4) is 0 Å². The maximum atomic E-state index is 12.5. The smallest absolute Gasteiger partial charge is 0.323 e. The van der Waals surface area contributed by atoms with Gasteiger partial charge in [0.2, 0.25) is 0 Å². The Morgan fingerprint density at radius 3 is 2.67 bits per heavy atom. The van der Waals surface area contributed by atoms with Gasteiger partial charge in [-0.1, -0.05) is 11.6 Å². The number of benzene rings is 1. The summed E-state index contributed by atoms with van der Waals surface area (Å²) in [6.07, 6.45) is 10.1. The third kappa shape index (κ3) is 6.24. The van der Waals surface area contributed by atoms with Gasteiger partial charge in [0.05, 0.1) is 16.8 Å². The topological polar surface area (TPSA) is 77.6 Å². The molecule has 7 nitrogen and oxygen atoms in total. The van der Waals surface area contributed by atoms with Crippen LogP contribution >= 0.6 is 22.9 Å². The number of carbonyl (C=O) groups excluding carboxylic acids is 2. The highest BCUT2D eigenvalue weighted by atomic mass is 35.5. The van der Waals surface area contributed by atoms with Gasteiger partial charge in [0, 0.05) is 59.8 Å². The Kier molecular flexibility index (Phi) is 8.96. The van der Waals surface area contributed by atoms with Gasteiger partial charge >= 0.3 is 6.03 Å². The van der Waals surface area contributed by atoms with Crippen LogP contribution in [0.1, 0.15) is 29.7 Å². The number of carbonyl (C=O) groups is 2. The van der Waals surface area contributed by atoms with E-state index in [2.05, 4.69) is 15.6 Å². The standard InChI is InChI=1S/C23H23ClN4O2S.C4H9N/c1-27(9-4-10-29)23(30)28(2)14-17-13-20-22(31-17)18(6-8-25-20)19-12-16(24)11-15-5-3-7-26-21(15)19;1-2-4-5-3-1/h4,6,8-13,26H,3,5,7,14H2,1-2H3;5H,1-4H2/b9-4-;. The number of anilines is 1. The Bertz CT molecular complexity index is 1250. The van der Waals surface area contributed by atoms with Crippen molar-refractivity contribution in [2.24, 2.45) is 0 Å². The first-order valence-electron chi connectivity index (χ1n) is 12.2. The fourth-order valence-electron chi connectivity index (χ4n) is 4.48. The molecule has 0 bridgehead atoms. The number of hydrogen-bond acceptors (Lipinski definition) is 6. The van der Waals surface area contributed by atoms with E-state index in [1.165, 1.54) is 48.7 Å². The average molecular weight is 526 g/mol. The lowest BCUT2D eigenvalue weighted by Crippen LogP contribution is -2.35. The van der Waals surface area contributed by atoms with Crippen molar-refractivity contribution in [3.05, 3.63) is 58.2 Å². The van der Waals surface area contributed by atoms with Crippen molar-refractivity contribution in [3.8, 4) is 11.1 Å². The van der Waals surface area contributed by atoms with E-state index in [0.717, 1.165) is 56.3 Å². The van der Waals surface area contributed by atoms with Gasteiger partial charge in [0.1, 0.15) is 6.29 Å². The maximum absolute atomic E-state index is 12.5. The van der Waals surface area contributed by atoms with Crippen molar-refractivity contribution in [1.82, 2.24) is 20.1 Å². The molecule has 36 heavy (non-hydrogen) atoms. The molecule has 9 heteroatoms. The van der Waals surface area contributed by atoms with Crippen LogP contribution in [-0.2, 0) is 17.8 Å². The molecule has 1 fully saturated rings. The third-order valence-corrected chi connectivity index (χ3v) is 7.59. The molecule has 0 spiro atoms. The SMILES string of the molecule is C1CCNC1.CN(/C=C\C=O)C(=O)N(C)Cc1cc2nccc(-c3cc(Cl)cc4c3NCCC4)c2s1. The van der Waals surface area contributed by atoms with Gasteiger partial charge in [0.25, 0.3) is 0 Å². The molecule has 1 saturated heterocycles. The molecule has 2 amide bonds. The molecule has 5 rings (SSSR count). The average Bonchev–Trinajstić information content (AvgIpc) is 3.59. The van der Waals surface area contributed by atoms with Crippen LogP contribution in [0.4, 0.5) is 10.5 Å². The van der Waals surface area contributed by atoms with E-state index < -0.39 is 0 Å². The number of urea groups is 1. The quantitative estimate of drug-likeness (QED) is 0.338. The number of hydrogen-bond donors (Lipinski definition) is 2. The second kappa shape index (κ2) is 12.3. The van der Waals surface area contributed by atoms with E-state index in [1.54, 1.807) is 30.3 Å². The number of aryl methyl sites for hydroxylation is 1. The van der Waals surface area contributed by atoms with E-state index in [1.807, 2.05) is 30.5 Å². The van der Waals surface area contributed by atoms with Gasteiger partial charge in [-0.2, -0.15) is 0 Å². The Balaban J connectivity index is 0.000000543. The van der Waals surface area contributed by atoms with Gasteiger partial charge in [0.15, 0.2) is 0 Å². The molecule has 0 atom stereocenters. The molecule has 1 aromatic carbocycles. The maximum Gasteiger partial charge on any atom is 0.323 e. The van der Waals surface area contributed by atoms with E-state index in [9.17, 15) is 9.59 Å². The molecular formula is C27H32ClN5O2S. The summed E-state index contributed by atoms with van der Waals surface area (Å²) in [4.78, 5) is 31.6. The van der Waals surface area contributed by atoms with Crippen LogP contribution in [-0.4, -0.2) is 60.8 Å². The van der Waals surface area contributed by atoms with E-state index in [4.69, 9.17) is 11.6 Å². The molecule has 3 aromatic rings. The molecule has 0 unspecified atom stereocenters. The van der Waals surface area contributed by atoms with Gasteiger partial charge < -0.3 is 20.4 Å². The molecule has 0 radical (unpaired) electrons. The summed E-state index contributed by atoms with van der Waals surface area (Å²) in [6.45, 7) is 3.90.